The topological polar surface area (TPSA) is 118 Å². The Labute approximate surface area is 375 Å². The van der Waals surface area contributed by atoms with Crippen LogP contribution < -0.4 is 0 Å². The molecule has 12 heteroatoms. The predicted octanol–water partition coefficient (Wildman–Crippen LogP) is 14.1. The normalized spacial score (nSPS) is 22.9. The Bertz CT molecular complexity index is 2140. The van der Waals surface area contributed by atoms with Crippen LogP contribution in [0.5, 0.6) is 11.5 Å². The minimum Gasteiger partial charge on any atom is -0.508 e. The molecule has 0 aliphatic carbocycles. The molecule has 4 aromatic carbocycles. The van der Waals surface area contributed by atoms with Crippen LogP contribution in [0.2, 0.25) is 0 Å². The first kappa shape index (κ1) is 48.3. The molecule has 2 saturated heterocycles. The summed E-state index contributed by atoms with van der Waals surface area (Å²) in [6.07, 6.45) is -1.45. The van der Waals surface area contributed by atoms with Gasteiger partial charge in [-0.25, -0.2) is 0 Å². The van der Waals surface area contributed by atoms with Gasteiger partial charge in [-0.15, -0.1) is 0 Å². The first-order valence-corrected chi connectivity index (χ1v) is 24.8. The summed E-state index contributed by atoms with van der Waals surface area (Å²) in [7, 11) is -4.47. The molecule has 0 saturated carbocycles. The van der Waals surface area contributed by atoms with Crippen molar-refractivity contribution in [3.8, 4) is 11.5 Å². The van der Waals surface area contributed by atoms with Crippen molar-refractivity contribution in [2.75, 3.05) is 13.2 Å². The standard InChI is InChI=1S/C49H66O8P2S2/c1-27-17-31(33(45(5,6)7)21-39(27)60-41-23-35(47(11,12)13)37(50)19-29(41)3)43-49(25-54-58(52)55-26-49)44(57-59(53)56-43)32-18-28(2)40(22-34(32)46(8,9)10)61-42-24-36(48(14,15)16)38(51)20-30(42)4/h17-24,43-44,50-53H,25-26H2,1-16H3. The molecule has 2 atom stereocenters. The number of rotatable bonds is 6. The Morgan fingerprint density at radius 2 is 0.770 bits per heavy atom. The molecule has 2 fully saturated rings. The van der Waals surface area contributed by atoms with E-state index in [1.807, 2.05) is 26.0 Å². The first-order valence-electron chi connectivity index (χ1n) is 20.9. The number of benzene rings is 4. The third kappa shape index (κ3) is 10.1. The summed E-state index contributed by atoms with van der Waals surface area (Å²) in [6.45, 7) is 34.2. The summed E-state index contributed by atoms with van der Waals surface area (Å²) < 4.78 is 25.4. The lowest BCUT2D eigenvalue weighted by molar-refractivity contribution is -0.158. The third-order valence-corrected chi connectivity index (χ3v) is 16.0. The van der Waals surface area contributed by atoms with Crippen LogP contribution in [0.1, 0.15) is 151 Å². The molecule has 2 unspecified atom stereocenters. The van der Waals surface area contributed by atoms with E-state index < -0.39 is 34.8 Å². The maximum Gasteiger partial charge on any atom is 0.331 e. The Hall–Kier alpha value is -2.20. The van der Waals surface area contributed by atoms with Crippen LogP contribution in [-0.2, 0) is 39.8 Å². The summed E-state index contributed by atoms with van der Waals surface area (Å²) in [5.74, 6) is 0.607. The molecule has 6 rings (SSSR count). The lowest BCUT2D eigenvalue weighted by Gasteiger charge is -2.52. The van der Waals surface area contributed by atoms with E-state index in [4.69, 9.17) is 18.1 Å². The highest BCUT2D eigenvalue weighted by Gasteiger charge is 2.58. The highest BCUT2D eigenvalue weighted by Crippen LogP contribution is 2.66. The molecule has 0 radical (unpaired) electrons. The summed E-state index contributed by atoms with van der Waals surface area (Å²) in [4.78, 5) is 26.7. The lowest BCUT2D eigenvalue weighted by atomic mass is 9.68. The molecule has 2 heterocycles. The zero-order chi connectivity index (χ0) is 45.4. The number of aromatic hydroxyl groups is 2. The molecule has 2 aliphatic heterocycles. The maximum absolute atomic E-state index is 11.7. The van der Waals surface area contributed by atoms with E-state index in [1.54, 1.807) is 23.5 Å². The number of phenolic OH excluding ortho intramolecular Hbond substituents is 2. The quantitative estimate of drug-likeness (QED) is 0.139. The number of aryl methyl sites for hydroxylation is 4. The van der Waals surface area contributed by atoms with Gasteiger partial charge in [0.15, 0.2) is 0 Å². The van der Waals surface area contributed by atoms with E-state index in [1.165, 1.54) is 0 Å². The maximum atomic E-state index is 11.7. The monoisotopic (exact) mass is 908 g/mol. The highest BCUT2D eigenvalue weighted by molar-refractivity contribution is 7.99. The molecule has 0 bridgehead atoms. The van der Waals surface area contributed by atoms with Gasteiger partial charge in [-0.2, -0.15) is 0 Å². The highest BCUT2D eigenvalue weighted by atomic mass is 32.2. The molecule has 4 aromatic rings. The van der Waals surface area contributed by atoms with Crippen molar-refractivity contribution in [3.05, 3.63) is 104 Å². The van der Waals surface area contributed by atoms with Gasteiger partial charge in [0.1, 0.15) is 23.7 Å². The van der Waals surface area contributed by atoms with Crippen LogP contribution in [0.15, 0.2) is 68.1 Å². The van der Waals surface area contributed by atoms with Gasteiger partial charge in [0.05, 0.1) is 18.6 Å². The number of hydrogen-bond donors (Lipinski definition) is 4. The fourth-order valence-electron chi connectivity index (χ4n) is 8.40. The molecule has 2 aliphatic rings. The van der Waals surface area contributed by atoms with Crippen LogP contribution in [-0.4, -0.2) is 33.2 Å². The zero-order valence-corrected chi connectivity index (χ0v) is 42.2. The molecule has 0 aromatic heterocycles. The van der Waals surface area contributed by atoms with Crippen LogP contribution in [0.3, 0.4) is 0 Å². The molecule has 1 spiro atoms. The minimum absolute atomic E-state index is 0.0799. The Morgan fingerprint density at radius 1 is 0.475 bits per heavy atom. The van der Waals surface area contributed by atoms with Gasteiger partial charge >= 0.3 is 17.2 Å². The van der Waals surface area contributed by atoms with Crippen LogP contribution >= 0.6 is 40.7 Å². The van der Waals surface area contributed by atoms with Gasteiger partial charge in [0.25, 0.3) is 0 Å². The molecule has 61 heavy (non-hydrogen) atoms. The lowest BCUT2D eigenvalue weighted by Crippen LogP contribution is -2.49. The zero-order valence-electron chi connectivity index (χ0n) is 38.8. The van der Waals surface area contributed by atoms with Crippen LogP contribution in [0.25, 0.3) is 0 Å². The fourth-order valence-corrected chi connectivity index (χ4v) is 12.3. The van der Waals surface area contributed by atoms with E-state index in [0.717, 1.165) is 75.2 Å². The largest absolute Gasteiger partial charge is 0.508 e. The van der Waals surface area contributed by atoms with E-state index in [2.05, 4.69) is 133 Å². The van der Waals surface area contributed by atoms with Crippen molar-refractivity contribution in [1.29, 1.82) is 0 Å². The van der Waals surface area contributed by atoms with E-state index in [0.29, 0.717) is 11.5 Å². The van der Waals surface area contributed by atoms with Crippen molar-refractivity contribution in [3.63, 3.8) is 0 Å². The summed E-state index contributed by atoms with van der Waals surface area (Å²) in [6, 6.07) is 16.8. The van der Waals surface area contributed by atoms with E-state index in [-0.39, 0.29) is 34.9 Å². The Kier molecular flexibility index (Phi) is 13.7. The summed E-state index contributed by atoms with van der Waals surface area (Å²) >= 11 is 3.37. The van der Waals surface area contributed by atoms with Gasteiger partial charge in [-0.05, 0) is 130 Å². The van der Waals surface area contributed by atoms with Crippen molar-refractivity contribution in [2.45, 2.75) is 164 Å². The van der Waals surface area contributed by atoms with Crippen molar-refractivity contribution >= 4 is 40.7 Å². The smallest absolute Gasteiger partial charge is 0.331 e. The summed E-state index contributed by atoms with van der Waals surface area (Å²) in [5.41, 5.74) is 7.63. The minimum atomic E-state index is -2.36. The van der Waals surface area contributed by atoms with Gasteiger partial charge in [0.2, 0.25) is 0 Å². The third-order valence-electron chi connectivity index (χ3n) is 11.8. The molecule has 332 valence electrons. The van der Waals surface area contributed by atoms with Crippen LogP contribution in [0, 0.1) is 33.1 Å². The van der Waals surface area contributed by atoms with Crippen molar-refractivity contribution in [2.24, 2.45) is 5.41 Å². The van der Waals surface area contributed by atoms with Crippen LogP contribution in [0.4, 0.5) is 0 Å². The molecular formula is C49H66O8P2S2. The average Bonchev–Trinajstić information content (AvgIpc) is 3.11. The predicted molar refractivity (Wildman–Crippen MR) is 251 cm³/mol. The molecular weight excluding hydrogens is 843 g/mol. The number of hydrogen-bond acceptors (Lipinski definition) is 10. The van der Waals surface area contributed by atoms with Crippen molar-refractivity contribution < 1.29 is 38.1 Å². The average molecular weight is 909 g/mol. The van der Waals surface area contributed by atoms with E-state index >= 15 is 0 Å². The first-order chi connectivity index (χ1) is 28.0. The second-order valence-electron chi connectivity index (χ2n) is 21.1. The number of phenols is 2. The van der Waals surface area contributed by atoms with Crippen molar-refractivity contribution in [1.82, 2.24) is 0 Å². The SMILES string of the molecule is Cc1cc(O)c(C(C)(C)C)cc1Sc1cc(C(C)(C)C)c(C2OP(O)OC(c3cc(C)c(Sc4cc(C(C)(C)C)c(O)cc4C)cc3C(C)(C)C)C23COP(O)OC3)cc1C. The second kappa shape index (κ2) is 17.3. The summed E-state index contributed by atoms with van der Waals surface area (Å²) in [5, 5.41) is 21.7. The fraction of sp³-hybridized carbons (Fsp3) is 0.510. The Balaban J connectivity index is 1.50. The molecule has 0 amide bonds. The second-order valence-corrected chi connectivity index (χ2v) is 25.2. The van der Waals surface area contributed by atoms with Gasteiger partial charge in [-0.3, -0.25) is 0 Å². The Morgan fingerprint density at radius 3 is 1.08 bits per heavy atom. The van der Waals surface area contributed by atoms with Gasteiger partial charge in [-0.1, -0.05) is 119 Å². The molecule has 8 nitrogen and oxygen atoms in total. The van der Waals surface area contributed by atoms with Gasteiger partial charge < -0.3 is 38.1 Å². The van der Waals surface area contributed by atoms with Gasteiger partial charge in [0, 0.05) is 30.7 Å². The molecule has 4 N–H and O–H groups in total. The van der Waals surface area contributed by atoms with E-state index in [9.17, 15) is 20.0 Å².